The Morgan fingerprint density at radius 3 is 2.67 bits per heavy atom. The minimum atomic E-state index is -0.323. The molecule has 2 N–H and O–H groups in total. The molecular weight excluding hydrogens is 269 g/mol. The monoisotopic (exact) mass is 283 g/mol. The molecule has 0 saturated carbocycles. The van der Waals surface area contributed by atoms with Crippen LogP contribution in [0.15, 0.2) is 40.9 Å². The number of rotatable bonds is 2. The molecule has 0 aliphatic carbocycles. The summed E-state index contributed by atoms with van der Waals surface area (Å²) in [5, 5.41) is 3.92. The number of benzene rings is 2. The Balaban J connectivity index is 2.05. The Bertz CT molecular complexity index is 791. The maximum Gasteiger partial charge on any atom is 0.258 e. The summed E-state index contributed by atoms with van der Waals surface area (Å²) in [6, 6.07) is 10.1. The van der Waals surface area contributed by atoms with Crippen molar-refractivity contribution >= 4 is 5.69 Å². The van der Waals surface area contributed by atoms with Crippen LogP contribution in [0.5, 0.6) is 0 Å². The zero-order valence-electron chi connectivity index (χ0n) is 11.7. The Labute approximate surface area is 121 Å². The summed E-state index contributed by atoms with van der Waals surface area (Å²) in [5.41, 5.74) is 9.56. The van der Waals surface area contributed by atoms with Gasteiger partial charge in [0.25, 0.3) is 5.89 Å². The average molecular weight is 283 g/mol. The molecule has 1 heterocycles. The van der Waals surface area contributed by atoms with Crippen LogP contribution in [0, 0.1) is 19.7 Å². The van der Waals surface area contributed by atoms with E-state index >= 15 is 0 Å². The predicted octanol–water partition coefficient (Wildman–Crippen LogP) is 3.74. The highest BCUT2D eigenvalue weighted by atomic mass is 19.1. The molecule has 5 heteroatoms. The molecule has 0 bridgehead atoms. The highest BCUT2D eigenvalue weighted by molar-refractivity contribution is 5.66. The van der Waals surface area contributed by atoms with Gasteiger partial charge in [0.2, 0.25) is 5.82 Å². The number of nitrogens with zero attached hydrogens (tertiary/aromatic N) is 2. The van der Waals surface area contributed by atoms with E-state index < -0.39 is 0 Å². The largest absolute Gasteiger partial charge is 0.399 e. The number of aromatic nitrogens is 2. The molecule has 21 heavy (non-hydrogen) atoms. The van der Waals surface area contributed by atoms with Crippen molar-refractivity contribution in [2.75, 3.05) is 5.73 Å². The van der Waals surface area contributed by atoms with Crippen molar-refractivity contribution < 1.29 is 8.91 Å². The zero-order chi connectivity index (χ0) is 15.0. The molecule has 0 aliphatic heterocycles. The Morgan fingerprint density at radius 1 is 1.10 bits per heavy atom. The van der Waals surface area contributed by atoms with Crippen LogP contribution in [0.25, 0.3) is 22.8 Å². The van der Waals surface area contributed by atoms with E-state index in [1.54, 1.807) is 6.07 Å². The molecule has 106 valence electrons. The van der Waals surface area contributed by atoms with Gasteiger partial charge in [-0.3, -0.25) is 0 Å². The SMILES string of the molecule is Cc1cc(F)cc(-c2noc(-c3cc(N)ccc3C)n2)c1. The zero-order valence-corrected chi connectivity index (χ0v) is 11.7. The van der Waals surface area contributed by atoms with Crippen molar-refractivity contribution in [3.63, 3.8) is 0 Å². The van der Waals surface area contributed by atoms with Crippen LogP contribution < -0.4 is 5.73 Å². The van der Waals surface area contributed by atoms with Crippen molar-refractivity contribution in [3.05, 3.63) is 53.3 Å². The van der Waals surface area contributed by atoms with E-state index in [1.807, 2.05) is 32.0 Å². The van der Waals surface area contributed by atoms with Crippen molar-refractivity contribution in [2.24, 2.45) is 0 Å². The van der Waals surface area contributed by atoms with Gasteiger partial charge in [-0.1, -0.05) is 11.2 Å². The third kappa shape index (κ3) is 2.63. The molecule has 3 aromatic rings. The number of hydrogen-bond acceptors (Lipinski definition) is 4. The van der Waals surface area contributed by atoms with E-state index in [-0.39, 0.29) is 5.82 Å². The number of hydrogen-bond donors (Lipinski definition) is 1. The minimum absolute atomic E-state index is 0.323. The summed E-state index contributed by atoms with van der Waals surface area (Å²) >= 11 is 0. The van der Waals surface area contributed by atoms with Gasteiger partial charge in [-0.25, -0.2) is 4.39 Å². The summed E-state index contributed by atoms with van der Waals surface area (Å²) in [7, 11) is 0. The summed E-state index contributed by atoms with van der Waals surface area (Å²) in [6.45, 7) is 3.75. The van der Waals surface area contributed by atoms with Crippen molar-refractivity contribution in [2.45, 2.75) is 13.8 Å². The molecule has 4 nitrogen and oxygen atoms in total. The molecule has 0 unspecified atom stereocenters. The first kappa shape index (κ1) is 13.3. The van der Waals surface area contributed by atoms with E-state index in [0.29, 0.717) is 23.0 Å². The first-order chi connectivity index (χ1) is 10.0. The maximum absolute atomic E-state index is 13.5. The number of anilines is 1. The summed E-state index contributed by atoms with van der Waals surface area (Å²) < 4.78 is 18.7. The lowest BCUT2D eigenvalue weighted by molar-refractivity contribution is 0.432. The van der Waals surface area contributed by atoms with E-state index in [1.165, 1.54) is 12.1 Å². The second-order valence-electron chi connectivity index (χ2n) is 5.01. The lowest BCUT2D eigenvalue weighted by Crippen LogP contribution is -1.89. The molecule has 0 spiro atoms. The molecule has 1 aromatic heterocycles. The van der Waals surface area contributed by atoms with Gasteiger partial charge in [-0.15, -0.1) is 0 Å². The highest BCUT2D eigenvalue weighted by Gasteiger charge is 2.13. The summed E-state index contributed by atoms with van der Waals surface area (Å²) in [5.74, 6) is 0.405. The van der Waals surface area contributed by atoms with Crippen LogP contribution in [0.1, 0.15) is 11.1 Å². The summed E-state index contributed by atoms with van der Waals surface area (Å²) in [6.07, 6.45) is 0. The molecule has 0 radical (unpaired) electrons. The summed E-state index contributed by atoms with van der Waals surface area (Å²) in [4.78, 5) is 4.33. The van der Waals surface area contributed by atoms with Crippen molar-refractivity contribution in [1.82, 2.24) is 10.1 Å². The maximum atomic E-state index is 13.5. The van der Waals surface area contributed by atoms with Crippen LogP contribution in [-0.4, -0.2) is 10.1 Å². The second kappa shape index (κ2) is 5.01. The fourth-order valence-corrected chi connectivity index (χ4v) is 2.19. The van der Waals surface area contributed by atoms with E-state index in [9.17, 15) is 4.39 Å². The standard InChI is InChI=1S/C16H14FN3O/c1-9-5-11(7-12(17)6-9)15-19-16(21-20-15)14-8-13(18)4-3-10(14)2/h3-8H,18H2,1-2H3. The first-order valence-corrected chi connectivity index (χ1v) is 6.51. The van der Waals surface area contributed by atoms with Crippen LogP contribution >= 0.6 is 0 Å². The van der Waals surface area contributed by atoms with Crippen molar-refractivity contribution in [1.29, 1.82) is 0 Å². The molecule has 0 saturated heterocycles. The fraction of sp³-hybridized carbons (Fsp3) is 0.125. The number of halogens is 1. The molecule has 0 amide bonds. The van der Waals surface area contributed by atoms with Gasteiger partial charge >= 0.3 is 0 Å². The molecule has 0 fully saturated rings. The van der Waals surface area contributed by atoms with Crippen LogP contribution in [-0.2, 0) is 0 Å². The average Bonchev–Trinajstić information content (AvgIpc) is 2.90. The normalized spacial score (nSPS) is 10.8. The fourth-order valence-electron chi connectivity index (χ4n) is 2.19. The molecule has 0 atom stereocenters. The topological polar surface area (TPSA) is 64.9 Å². The molecule has 0 aliphatic rings. The van der Waals surface area contributed by atoms with Crippen LogP contribution in [0.3, 0.4) is 0 Å². The predicted molar refractivity (Wildman–Crippen MR) is 79.0 cm³/mol. The Kier molecular flexibility index (Phi) is 3.17. The third-order valence-electron chi connectivity index (χ3n) is 3.22. The Morgan fingerprint density at radius 2 is 1.90 bits per heavy atom. The van der Waals surface area contributed by atoms with Gasteiger partial charge in [0.15, 0.2) is 0 Å². The second-order valence-corrected chi connectivity index (χ2v) is 5.01. The molecule has 2 aromatic carbocycles. The smallest absolute Gasteiger partial charge is 0.258 e. The van der Waals surface area contributed by atoms with Gasteiger partial charge < -0.3 is 10.3 Å². The molecular formula is C16H14FN3O. The molecule has 3 rings (SSSR count). The van der Waals surface area contributed by atoms with Crippen molar-refractivity contribution in [3.8, 4) is 22.8 Å². The van der Waals surface area contributed by atoms with E-state index in [2.05, 4.69) is 10.1 Å². The van der Waals surface area contributed by atoms with E-state index in [0.717, 1.165) is 16.7 Å². The van der Waals surface area contributed by atoms with Crippen LogP contribution in [0.2, 0.25) is 0 Å². The highest BCUT2D eigenvalue weighted by Crippen LogP contribution is 2.27. The minimum Gasteiger partial charge on any atom is -0.399 e. The number of nitrogen functional groups attached to an aromatic ring is 1. The number of nitrogens with two attached hydrogens (primary N) is 1. The number of aryl methyl sites for hydroxylation is 2. The lowest BCUT2D eigenvalue weighted by Gasteiger charge is -2.01. The van der Waals surface area contributed by atoms with Gasteiger partial charge in [0, 0.05) is 16.8 Å². The first-order valence-electron chi connectivity index (χ1n) is 6.51. The van der Waals surface area contributed by atoms with Gasteiger partial charge in [-0.2, -0.15) is 4.98 Å². The van der Waals surface area contributed by atoms with Gasteiger partial charge in [0.1, 0.15) is 5.82 Å². The van der Waals surface area contributed by atoms with Gasteiger partial charge in [0.05, 0.1) is 0 Å². The third-order valence-corrected chi connectivity index (χ3v) is 3.22. The lowest BCUT2D eigenvalue weighted by atomic mass is 10.1. The Hall–Kier alpha value is -2.69. The van der Waals surface area contributed by atoms with Gasteiger partial charge in [-0.05, 0) is 55.3 Å². The van der Waals surface area contributed by atoms with E-state index in [4.69, 9.17) is 10.3 Å². The van der Waals surface area contributed by atoms with Crippen LogP contribution in [0.4, 0.5) is 10.1 Å². The quantitative estimate of drug-likeness (QED) is 0.727.